The van der Waals surface area contributed by atoms with Crippen molar-refractivity contribution in [1.82, 2.24) is 4.37 Å². The van der Waals surface area contributed by atoms with Crippen LogP contribution in [0.1, 0.15) is 0 Å². The van der Waals surface area contributed by atoms with Gasteiger partial charge < -0.3 is 4.74 Å². The fraction of sp³-hybridized carbons (Fsp3) is 0.250. The molecule has 0 spiro atoms. The number of hydrogen-bond donors (Lipinski definition) is 0. The number of nitrogens with zero attached hydrogens (tertiary/aromatic N) is 1. The second kappa shape index (κ2) is 1.93. The molecule has 7 heavy (non-hydrogen) atoms. The van der Waals surface area contributed by atoms with E-state index in [4.69, 9.17) is 4.74 Å². The summed E-state index contributed by atoms with van der Waals surface area (Å²) in [6.45, 7) is 0. The largest absolute Gasteiger partial charge is 0.494 e. The van der Waals surface area contributed by atoms with Gasteiger partial charge in [0.2, 0.25) is 0 Å². The van der Waals surface area contributed by atoms with Gasteiger partial charge in [0.25, 0.3) is 0 Å². The van der Waals surface area contributed by atoms with E-state index in [0.717, 1.165) is 5.75 Å². The van der Waals surface area contributed by atoms with E-state index < -0.39 is 0 Å². The van der Waals surface area contributed by atoms with Crippen molar-refractivity contribution in [2.24, 2.45) is 0 Å². The summed E-state index contributed by atoms with van der Waals surface area (Å²) in [6, 6.07) is 0. The standard InChI is InChI=1S/C4H5NOS/c1-6-4-2-5-7-3-4/h2-3H,1H3. The first-order chi connectivity index (χ1) is 3.43. The zero-order chi connectivity index (χ0) is 5.11. The van der Waals surface area contributed by atoms with Crippen LogP contribution in [0.2, 0.25) is 0 Å². The molecule has 0 aliphatic heterocycles. The second-order valence-electron chi connectivity index (χ2n) is 1.06. The Hall–Kier alpha value is -0.570. The first-order valence-electron chi connectivity index (χ1n) is 1.87. The third-order valence-corrected chi connectivity index (χ3v) is 1.21. The van der Waals surface area contributed by atoms with Crippen LogP contribution < -0.4 is 4.74 Å². The molecule has 0 saturated carbocycles. The number of rotatable bonds is 1. The Morgan fingerprint density at radius 1 is 1.86 bits per heavy atom. The van der Waals surface area contributed by atoms with E-state index in [9.17, 15) is 0 Å². The Bertz CT molecular complexity index is 126. The first-order valence-corrected chi connectivity index (χ1v) is 2.70. The van der Waals surface area contributed by atoms with Crippen LogP contribution in [0.25, 0.3) is 0 Å². The van der Waals surface area contributed by atoms with Crippen LogP contribution in [0.5, 0.6) is 5.75 Å². The van der Waals surface area contributed by atoms with Gasteiger partial charge in [0.15, 0.2) is 0 Å². The lowest BCUT2D eigenvalue weighted by Crippen LogP contribution is -1.75. The lowest BCUT2D eigenvalue weighted by atomic mass is 10.7. The summed E-state index contributed by atoms with van der Waals surface area (Å²) in [4.78, 5) is 0. The highest BCUT2D eigenvalue weighted by molar-refractivity contribution is 7.03. The van der Waals surface area contributed by atoms with E-state index in [0.29, 0.717) is 0 Å². The summed E-state index contributed by atoms with van der Waals surface area (Å²) in [5.74, 6) is 0.838. The molecule has 0 bridgehead atoms. The van der Waals surface area contributed by atoms with E-state index >= 15 is 0 Å². The van der Waals surface area contributed by atoms with Gasteiger partial charge in [-0.3, -0.25) is 0 Å². The third kappa shape index (κ3) is 0.899. The fourth-order valence-electron chi connectivity index (χ4n) is 0.296. The van der Waals surface area contributed by atoms with E-state index in [1.54, 1.807) is 13.3 Å². The summed E-state index contributed by atoms with van der Waals surface area (Å²) in [7, 11) is 1.63. The van der Waals surface area contributed by atoms with Crippen LogP contribution in [0.4, 0.5) is 0 Å². The van der Waals surface area contributed by atoms with Crippen LogP contribution in [0.3, 0.4) is 0 Å². The molecule has 0 N–H and O–H groups in total. The van der Waals surface area contributed by atoms with Gasteiger partial charge in [-0.05, 0) is 11.5 Å². The van der Waals surface area contributed by atoms with Crippen molar-refractivity contribution in [3.8, 4) is 5.75 Å². The third-order valence-electron chi connectivity index (χ3n) is 0.645. The smallest absolute Gasteiger partial charge is 0.149 e. The molecular formula is C4H5NOS. The number of ether oxygens (including phenoxy) is 1. The summed E-state index contributed by atoms with van der Waals surface area (Å²) in [5, 5.41) is 1.85. The van der Waals surface area contributed by atoms with E-state index in [-0.39, 0.29) is 0 Å². The molecule has 1 heterocycles. The lowest BCUT2D eigenvalue weighted by Gasteiger charge is -1.85. The average molecular weight is 115 g/mol. The molecule has 2 nitrogen and oxygen atoms in total. The Kier molecular flexibility index (Phi) is 1.26. The predicted octanol–water partition coefficient (Wildman–Crippen LogP) is 1.15. The maximum atomic E-state index is 4.80. The van der Waals surface area contributed by atoms with Crippen molar-refractivity contribution in [2.45, 2.75) is 0 Å². The van der Waals surface area contributed by atoms with Crippen molar-refractivity contribution in [3.05, 3.63) is 11.6 Å². The molecule has 1 aromatic heterocycles. The van der Waals surface area contributed by atoms with Gasteiger partial charge in [-0.2, -0.15) is 4.37 Å². The summed E-state index contributed by atoms with van der Waals surface area (Å²) in [6.07, 6.45) is 1.69. The topological polar surface area (TPSA) is 22.1 Å². The minimum absolute atomic E-state index is 0.838. The van der Waals surface area contributed by atoms with Crippen LogP contribution in [0, 0.1) is 0 Å². The van der Waals surface area contributed by atoms with Crippen LogP contribution >= 0.6 is 11.5 Å². The van der Waals surface area contributed by atoms with Crippen molar-refractivity contribution in [1.29, 1.82) is 0 Å². The average Bonchev–Trinajstić information content (AvgIpc) is 2.14. The van der Waals surface area contributed by atoms with Gasteiger partial charge in [-0.1, -0.05) is 0 Å². The van der Waals surface area contributed by atoms with Gasteiger partial charge in [-0.25, -0.2) is 0 Å². The van der Waals surface area contributed by atoms with Crippen molar-refractivity contribution < 1.29 is 4.74 Å². The van der Waals surface area contributed by atoms with Crippen LogP contribution in [0.15, 0.2) is 11.6 Å². The Labute approximate surface area is 45.9 Å². The Morgan fingerprint density at radius 3 is 3.00 bits per heavy atom. The first kappa shape index (κ1) is 4.59. The normalized spacial score (nSPS) is 8.71. The number of hydrogen-bond acceptors (Lipinski definition) is 3. The molecule has 0 atom stereocenters. The van der Waals surface area contributed by atoms with E-state index in [1.807, 2.05) is 5.38 Å². The molecule has 0 saturated heterocycles. The molecule has 0 amide bonds. The van der Waals surface area contributed by atoms with Crippen molar-refractivity contribution >= 4 is 11.5 Å². The minimum Gasteiger partial charge on any atom is -0.494 e. The monoisotopic (exact) mass is 115 g/mol. The SMILES string of the molecule is COc1cnsc1. The minimum atomic E-state index is 0.838. The highest BCUT2D eigenvalue weighted by Gasteiger charge is 1.84. The molecule has 0 unspecified atom stereocenters. The van der Waals surface area contributed by atoms with E-state index in [1.165, 1.54) is 11.5 Å². The van der Waals surface area contributed by atoms with Crippen LogP contribution in [-0.4, -0.2) is 11.5 Å². The quantitative estimate of drug-likeness (QED) is 0.547. The Morgan fingerprint density at radius 2 is 2.71 bits per heavy atom. The highest BCUT2D eigenvalue weighted by Crippen LogP contribution is 2.08. The number of aromatic nitrogens is 1. The van der Waals surface area contributed by atoms with Gasteiger partial charge in [-0.15, -0.1) is 0 Å². The molecule has 0 aliphatic rings. The molecule has 0 radical (unpaired) electrons. The summed E-state index contributed by atoms with van der Waals surface area (Å²) >= 11 is 1.39. The maximum absolute atomic E-state index is 4.80. The van der Waals surface area contributed by atoms with Crippen molar-refractivity contribution in [2.75, 3.05) is 7.11 Å². The second-order valence-corrected chi connectivity index (χ2v) is 1.72. The molecule has 0 fully saturated rings. The molecule has 38 valence electrons. The molecule has 3 heteroatoms. The highest BCUT2D eigenvalue weighted by atomic mass is 32.1. The van der Waals surface area contributed by atoms with Crippen molar-refractivity contribution in [3.63, 3.8) is 0 Å². The van der Waals surface area contributed by atoms with Gasteiger partial charge in [0, 0.05) is 0 Å². The summed E-state index contributed by atoms with van der Waals surface area (Å²) < 4.78 is 8.61. The van der Waals surface area contributed by atoms with Gasteiger partial charge in [0.1, 0.15) is 5.75 Å². The zero-order valence-corrected chi connectivity index (χ0v) is 4.73. The fourth-order valence-corrected chi connectivity index (χ4v) is 0.783. The Balaban J connectivity index is 2.76. The van der Waals surface area contributed by atoms with Crippen LogP contribution in [-0.2, 0) is 0 Å². The molecular weight excluding hydrogens is 110 g/mol. The maximum Gasteiger partial charge on any atom is 0.149 e. The molecule has 1 rings (SSSR count). The molecule has 1 aromatic rings. The number of methoxy groups -OCH3 is 1. The molecule has 0 aromatic carbocycles. The summed E-state index contributed by atoms with van der Waals surface area (Å²) in [5.41, 5.74) is 0. The van der Waals surface area contributed by atoms with Gasteiger partial charge >= 0.3 is 0 Å². The lowest BCUT2D eigenvalue weighted by molar-refractivity contribution is 0.415. The predicted molar refractivity (Wildman–Crippen MR) is 28.7 cm³/mol. The van der Waals surface area contributed by atoms with Gasteiger partial charge in [0.05, 0.1) is 18.7 Å². The molecule has 0 aliphatic carbocycles. The van der Waals surface area contributed by atoms with E-state index in [2.05, 4.69) is 4.37 Å². The zero-order valence-electron chi connectivity index (χ0n) is 3.92.